The summed E-state index contributed by atoms with van der Waals surface area (Å²) in [6.45, 7) is 4.10. The quantitative estimate of drug-likeness (QED) is 0.429. The topological polar surface area (TPSA) is 32.6 Å². The molecule has 0 amide bonds. The molecule has 1 aromatic carbocycles. The number of aryl methyl sites for hydroxylation is 1. The molecule has 1 rings (SSSR count). The van der Waals surface area contributed by atoms with Crippen molar-refractivity contribution >= 4 is 6.21 Å². The summed E-state index contributed by atoms with van der Waals surface area (Å²) in [5.41, 5.74) is 2.55. The number of benzene rings is 1. The summed E-state index contributed by atoms with van der Waals surface area (Å²) in [5.74, 6) is 0.285. The highest BCUT2D eigenvalue weighted by Gasteiger charge is 1.99. The Labute approximate surface area is 78.9 Å². The number of hydrogen-bond acceptors (Lipinski definition) is 2. The molecule has 2 heteroatoms. The minimum atomic E-state index is 0.285. The van der Waals surface area contributed by atoms with Gasteiger partial charge in [0, 0.05) is 6.21 Å². The van der Waals surface area contributed by atoms with Crippen molar-refractivity contribution in [3.05, 3.63) is 35.4 Å². The minimum Gasteiger partial charge on any atom is -0.411 e. The molecule has 0 bridgehead atoms. The van der Waals surface area contributed by atoms with E-state index in [-0.39, 0.29) is 5.92 Å². The lowest BCUT2D eigenvalue weighted by molar-refractivity contribution is 0.318. The van der Waals surface area contributed by atoms with Gasteiger partial charge in [0.15, 0.2) is 0 Å². The van der Waals surface area contributed by atoms with Gasteiger partial charge in [0.05, 0.1) is 0 Å². The molecule has 0 heterocycles. The molecule has 1 N–H and O–H groups in total. The maximum Gasteiger partial charge on any atom is 0.0467 e. The normalized spacial score (nSPS) is 13.4. The Kier molecular flexibility index (Phi) is 3.50. The van der Waals surface area contributed by atoms with Crippen molar-refractivity contribution in [1.29, 1.82) is 0 Å². The molecule has 1 unspecified atom stereocenters. The van der Waals surface area contributed by atoms with E-state index in [0.29, 0.717) is 0 Å². The van der Waals surface area contributed by atoms with E-state index >= 15 is 0 Å². The van der Waals surface area contributed by atoms with Crippen molar-refractivity contribution < 1.29 is 5.21 Å². The summed E-state index contributed by atoms with van der Waals surface area (Å²) in [5, 5.41) is 11.4. The molecule has 0 aliphatic rings. The van der Waals surface area contributed by atoms with Crippen LogP contribution >= 0.6 is 0 Å². The molecular weight excluding hydrogens is 162 g/mol. The Morgan fingerprint density at radius 2 is 2.00 bits per heavy atom. The first-order chi connectivity index (χ1) is 6.22. The predicted octanol–water partition coefficient (Wildman–Crippen LogP) is 2.63. The van der Waals surface area contributed by atoms with E-state index in [0.717, 1.165) is 6.42 Å². The molecule has 1 aromatic rings. The van der Waals surface area contributed by atoms with Crippen LogP contribution in [0.3, 0.4) is 0 Å². The van der Waals surface area contributed by atoms with E-state index in [1.54, 1.807) is 6.21 Å². The minimum absolute atomic E-state index is 0.285. The summed E-state index contributed by atoms with van der Waals surface area (Å²) in [6, 6.07) is 8.41. The van der Waals surface area contributed by atoms with Crippen molar-refractivity contribution in [2.75, 3.05) is 0 Å². The van der Waals surface area contributed by atoms with Gasteiger partial charge in [-0.1, -0.05) is 36.8 Å². The second kappa shape index (κ2) is 4.65. The SMILES string of the molecule is Cc1ccc(CC(C)C=NO)cc1. The Morgan fingerprint density at radius 3 is 2.54 bits per heavy atom. The third kappa shape index (κ3) is 3.28. The molecule has 0 saturated heterocycles. The predicted molar refractivity (Wildman–Crippen MR) is 54.3 cm³/mol. The smallest absolute Gasteiger partial charge is 0.0467 e. The van der Waals surface area contributed by atoms with Crippen LogP contribution in [0.5, 0.6) is 0 Å². The van der Waals surface area contributed by atoms with Gasteiger partial charge in [0.2, 0.25) is 0 Å². The summed E-state index contributed by atoms with van der Waals surface area (Å²) in [4.78, 5) is 0. The van der Waals surface area contributed by atoms with Gasteiger partial charge >= 0.3 is 0 Å². The van der Waals surface area contributed by atoms with Crippen LogP contribution in [0.1, 0.15) is 18.1 Å². The number of nitrogens with zero attached hydrogens (tertiary/aromatic N) is 1. The summed E-state index contributed by atoms with van der Waals surface area (Å²) in [6.07, 6.45) is 2.48. The molecule has 1 atom stereocenters. The van der Waals surface area contributed by atoms with Crippen molar-refractivity contribution in [3.8, 4) is 0 Å². The first kappa shape index (κ1) is 9.78. The molecule has 0 spiro atoms. The monoisotopic (exact) mass is 177 g/mol. The summed E-state index contributed by atoms with van der Waals surface area (Å²) < 4.78 is 0. The lowest BCUT2D eigenvalue weighted by atomic mass is 10.0. The van der Waals surface area contributed by atoms with E-state index in [2.05, 4.69) is 36.3 Å². The Bertz CT molecular complexity index is 277. The number of rotatable bonds is 3. The molecule has 0 saturated carbocycles. The lowest BCUT2D eigenvalue weighted by Crippen LogP contribution is -2.00. The third-order valence-corrected chi connectivity index (χ3v) is 2.00. The second-order valence-electron chi connectivity index (χ2n) is 3.43. The van der Waals surface area contributed by atoms with Gasteiger partial charge in [-0.3, -0.25) is 0 Å². The molecule has 13 heavy (non-hydrogen) atoms. The average molecular weight is 177 g/mol. The average Bonchev–Trinajstić information content (AvgIpc) is 2.09. The zero-order valence-electron chi connectivity index (χ0n) is 8.07. The lowest BCUT2D eigenvalue weighted by Gasteiger charge is -2.04. The van der Waals surface area contributed by atoms with E-state index in [9.17, 15) is 0 Å². The van der Waals surface area contributed by atoms with E-state index in [1.807, 2.05) is 6.92 Å². The highest BCUT2D eigenvalue weighted by atomic mass is 16.4. The Hall–Kier alpha value is -1.31. The van der Waals surface area contributed by atoms with Crippen molar-refractivity contribution in [1.82, 2.24) is 0 Å². The molecule has 0 aromatic heterocycles. The van der Waals surface area contributed by atoms with E-state index in [4.69, 9.17) is 5.21 Å². The van der Waals surface area contributed by atoms with Crippen LogP contribution in [0, 0.1) is 12.8 Å². The van der Waals surface area contributed by atoms with Crippen LogP contribution in [0.2, 0.25) is 0 Å². The highest BCUT2D eigenvalue weighted by Crippen LogP contribution is 2.08. The zero-order valence-corrected chi connectivity index (χ0v) is 8.07. The highest BCUT2D eigenvalue weighted by molar-refractivity contribution is 5.59. The first-order valence-electron chi connectivity index (χ1n) is 4.45. The van der Waals surface area contributed by atoms with Crippen LogP contribution in [-0.2, 0) is 6.42 Å². The largest absolute Gasteiger partial charge is 0.411 e. The molecule has 0 aliphatic heterocycles. The summed E-state index contributed by atoms with van der Waals surface area (Å²) in [7, 11) is 0. The van der Waals surface area contributed by atoms with Crippen LogP contribution < -0.4 is 0 Å². The van der Waals surface area contributed by atoms with Gasteiger partial charge in [-0.15, -0.1) is 5.16 Å². The van der Waals surface area contributed by atoms with Gasteiger partial charge in [-0.25, -0.2) is 0 Å². The Morgan fingerprint density at radius 1 is 1.38 bits per heavy atom. The summed E-state index contributed by atoms with van der Waals surface area (Å²) >= 11 is 0. The van der Waals surface area contributed by atoms with Gasteiger partial charge in [-0.2, -0.15) is 0 Å². The van der Waals surface area contributed by atoms with E-state index < -0.39 is 0 Å². The van der Waals surface area contributed by atoms with Crippen molar-refractivity contribution in [3.63, 3.8) is 0 Å². The van der Waals surface area contributed by atoms with Crippen LogP contribution in [-0.4, -0.2) is 11.4 Å². The molecular formula is C11H15NO. The fourth-order valence-corrected chi connectivity index (χ4v) is 1.26. The van der Waals surface area contributed by atoms with E-state index in [1.165, 1.54) is 11.1 Å². The first-order valence-corrected chi connectivity index (χ1v) is 4.45. The zero-order chi connectivity index (χ0) is 9.68. The number of hydrogen-bond donors (Lipinski definition) is 1. The van der Waals surface area contributed by atoms with Gasteiger partial charge in [-0.05, 0) is 24.8 Å². The third-order valence-electron chi connectivity index (χ3n) is 2.00. The van der Waals surface area contributed by atoms with Gasteiger partial charge < -0.3 is 5.21 Å². The van der Waals surface area contributed by atoms with Gasteiger partial charge in [0.1, 0.15) is 0 Å². The molecule has 70 valence electrons. The van der Waals surface area contributed by atoms with Crippen LogP contribution in [0.15, 0.2) is 29.4 Å². The van der Waals surface area contributed by atoms with Crippen molar-refractivity contribution in [2.24, 2.45) is 11.1 Å². The number of oxime groups is 1. The molecule has 0 aliphatic carbocycles. The molecule has 0 fully saturated rings. The Balaban J connectivity index is 2.59. The van der Waals surface area contributed by atoms with Crippen LogP contribution in [0.25, 0.3) is 0 Å². The standard InChI is InChI=1S/C11H15NO/c1-9-3-5-11(6-4-9)7-10(2)8-12-13/h3-6,8,10,13H,7H2,1-2H3. The van der Waals surface area contributed by atoms with Crippen molar-refractivity contribution in [2.45, 2.75) is 20.3 Å². The maximum atomic E-state index is 8.33. The molecule has 2 nitrogen and oxygen atoms in total. The molecule has 0 radical (unpaired) electrons. The fraction of sp³-hybridized carbons (Fsp3) is 0.364. The van der Waals surface area contributed by atoms with Gasteiger partial charge in [0.25, 0.3) is 0 Å². The fourth-order valence-electron chi connectivity index (χ4n) is 1.26. The van der Waals surface area contributed by atoms with Crippen LogP contribution in [0.4, 0.5) is 0 Å². The second-order valence-corrected chi connectivity index (χ2v) is 3.43. The maximum absolute atomic E-state index is 8.33.